The van der Waals surface area contributed by atoms with Gasteiger partial charge in [0, 0.05) is 25.0 Å². The first-order valence-corrected chi connectivity index (χ1v) is 5.44. The maximum Gasteiger partial charge on any atom is 0.319 e. The molecule has 1 fully saturated rings. The topological polar surface area (TPSA) is 47.1 Å². The summed E-state index contributed by atoms with van der Waals surface area (Å²) in [5.74, 6) is 0.407. The molecule has 0 spiro atoms. The SMILES string of the molecule is N[C@@H]1CCCN(Cc2nccn2C(F)F)C1. The summed E-state index contributed by atoms with van der Waals surface area (Å²) in [5, 5.41) is 0. The zero-order chi connectivity index (χ0) is 11.5. The van der Waals surface area contributed by atoms with Crippen molar-refractivity contribution < 1.29 is 8.78 Å². The van der Waals surface area contributed by atoms with Crippen LogP contribution in [0.1, 0.15) is 25.2 Å². The molecule has 0 saturated carbocycles. The molecule has 2 rings (SSSR count). The van der Waals surface area contributed by atoms with E-state index in [4.69, 9.17) is 5.73 Å². The van der Waals surface area contributed by atoms with Crippen LogP contribution in [0.2, 0.25) is 0 Å². The third-order valence-corrected chi connectivity index (χ3v) is 2.87. The fourth-order valence-corrected chi connectivity index (χ4v) is 2.08. The van der Waals surface area contributed by atoms with Gasteiger partial charge in [0.05, 0.1) is 6.54 Å². The zero-order valence-electron chi connectivity index (χ0n) is 9.02. The summed E-state index contributed by atoms with van der Waals surface area (Å²) in [6, 6.07) is 0.156. The molecule has 0 unspecified atom stereocenters. The van der Waals surface area contributed by atoms with Crippen molar-refractivity contribution in [3.63, 3.8) is 0 Å². The Labute approximate surface area is 93.0 Å². The van der Waals surface area contributed by atoms with E-state index in [0.717, 1.165) is 30.5 Å². The molecule has 0 aromatic carbocycles. The first kappa shape index (κ1) is 11.5. The van der Waals surface area contributed by atoms with Crippen LogP contribution in [0, 0.1) is 0 Å². The normalized spacial score (nSPS) is 22.9. The quantitative estimate of drug-likeness (QED) is 0.848. The summed E-state index contributed by atoms with van der Waals surface area (Å²) < 4.78 is 26.0. The maximum atomic E-state index is 12.6. The lowest BCUT2D eigenvalue weighted by Gasteiger charge is -2.30. The highest BCUT2D eigenvalue weighted by molar-refractivity contribution is 4.93. The molecule has 0 aliphatic carbocycles. The van der Waals surface area contributed by atoms with Crippen LogP contribution in [0.4, 0.5) is 8.78 Å². The predicted octanol–water partition coefficient (Wildman–Crippen LogP) is 1.20. The van der Waals surface area contributed by atoms with E-state index < -0.39 is 6.55 Å². The second kappa shape index (κ2) is 4.88. The molecule has 0 radical (unpaired) electrons. The van der Waals surface area contributed by atoms with Crippen molar-refractivity contribution in [1.82, 2.24) is 14.5 Å². The van der Waals surface area contributed by atoms with Crippen LogP contribution in [0.25, 0.3) is 0 Å². The summed E-state index contributed by atoms with van der Waals surface area (Å²) >= 11 is 0. The number of alkyl halides is 2. The second-order valence-corrected chi connectivity index (χ2v) is 4.17. The van der Waals surface area contributed by atoms with Gasteiger partial charge in [-0.3, -0.25) is 9.47 Å². The van der Waals surface area contributed by atoms with E-state index >= 15 is 0 Å². The largest absolute Gasteiger partial charge is 0.327 e. The Kier molecular flexibility index (Phi) is 3.50. The van der Waals surface area contributed by atoms with Crippen molar-refractivity contribution in [2.45, 2.75) is 32.0 Å². The molecule has 1 saturated heterocycles. The smallest absolute Gasteiger partial charge is 0.319 e. The van der Waals surface area contributed by atoms with E-state index in [-0.39, 0.29) is 6.04 Å². The molecule has 1 aliphatic rings. The minimum atomic E-state index is -2.52. The minimum Gasteiger partial charge on any atom is -0.327 e. The fraction of sp³-hybridized carbons (Fsp3) is 0.700. The van der Waals surface area contributed by atoms with Crippen LogP contribution < -0.4 is 5.73 Å². The predicted molar refractivity (Wildman–Crippen MR) is 56.0 cm³/mol. The Morgan fingerprint density at radius 1 is 1.56 bits per heavy atom. The first-order chi connectivity index (χ1) is 7.66. The molecule has 0 amide bonds. The highest BCUT2D eigenvalue weighted by Crippen LogP contribution is 2.16. The van der Waals surface area contributed by atoms with Gasteiger partial charge < -0.3 is 5.73 Å². The van der Waals surface area contributed by atoms with Gasteiger partial charge in [-0.2, -0.15) is 8.78 Å². The van der Waals surface area contributed by atoms with E-state index in [2.05, 4.69) is 9.88 Å². The van der Waals surface area contributed by atoms with Crippen molar-refractivity contribution in [2.75, 3.05) is 13.1 Å². The number of halogens is 2. The zero-order valence-corrected chi connectivity index (χ0v) is 9.02. The number of hydrogen-bond donors (Lipinski definition) is 1. The number of nitrogens with two attached hydrogens (primary N) is 1. The van der Waals surface area contributed by atoms with Crippen molar-refractivity contribution in [3.8, 4) is 0 Å². The molecule has 1 atom stereocenters. The number of likely N-dealkylation sites (tertiary alicyclic amines) is 1. The van der Waals surface area contributed by atoms with Gasteiger partial charge in [-0.1, -0.05) is 0 Å². The highest BCUT2D eigenvalue weighted by Gasteiger charge is 2.19. The monoisotopic (exact) mass is 230 g/mol. The number of rotatable bonds is 3. The highest BCUT2D eigenvalue weighted by atomic mass is 19.3. The van der Waals surface area contributed by atoms with Gasteiger partial charge >= 0.3 is 6.55 Å². The molecule has 1 aromatic heterocycles. The van der Waals surface area contributed by atoms with E-state index in [1.165, 1.54) is 12.4 Å². The average Bonchev–Trinajstić information content (AvgIpc) is 2.66. The lowest BCUT2D eigenvalue weighted by atomic mass is 10.1. The average molecular weight is 230 g/mol. The van der Waals surface area contributed by atoms with Crippen LogP contribution in [0.15, 0.2) is 12.4 Å². The summed E-state index contributed by atoms with van der Waals surface area (Å²) in [6.07, 6.45) is 4.76. The molecular formula is C10H16F2N4. The molecule has 1 aliphatic heterocycles. The molecule has 1 aromatic rings. The van der Waals surface area contributed by atoms with E-state index in [9.17, 15) is 8.78 Å². The lowest BCUT2D eigenvalue weighted by Crippen LogP contribution is -2.42. The minimum absolute atomic E-state index is 0.156. The molecule has 4 nitrogen and oxygen atoms in total. The Morgan fingerprint density at radius 3 is 3.06 bits per heavy atom. The van der Waals surface area contributed by atoms with Crippen molar-refractivity contribution in [2.24, 2.45) is 5.73 Å². The second-order valence-electron chi connectivity index (χ2n) is 4.17. The number of piperidine rings is 1. The fourth-order valence-electron chi connectivity index (χ4n) is 2.08. The number of imidazole rings is 1. The van der Waals surface area contributed by atoms with Gasteiger partial charge in [0.1, 0.15) is 5.82 Å². The van der Waals surface area contributed by atoms with Crippen LogP contribution >= 0.6 is 0 Å². The van der Waals surface area contributed by atoms with Crippen molar-refractivity contribution in [3.05, 3.63) is 18.2 Å². The molecule has 0 bridgehead atoms. The van der Waals surface area contributed by atoms with Gasteiger partial charge in [0.25, 0.3) is 0 Å². The maximum absolute atomic E-state index is 12.6. The van der Waals surface area contributed by atoms with Crippen LogP contribution in [-0.4, -0.2) is 33.6 Å². The number of aromatic nitrogens is 2. The van der Waals surface area contributed by atoms with Gasteiger partial charge in [-0.05, 0) is 19.4 Å². The van der Waals surface area contributed by atoms with Gasteiger partial charge in [0.15, 0.2) is 0 Å². The molecule has 90 valence electrons. The summed E-state index contributed by atoms with van der Waals surface area (Å²) in [4.78, 5) is 6.04. The van der Waals surface area contributed by atoms with E-state index in [1.807, 2.05) is 0 Å². The first-order valence-electron chi connectivity index (χ1n) is 5.44. The summed E-state index contributed by atoms with van der Waals surface area (Å²) in [5.41, 5.74) is 5.83. The van der Waals surface area contributed by atoms with Gasteiger partial charge in [-0.25, -0.2) is 4.98 Å². The third-order valence-electron chi connectivity index (χ3n) is 2.87. The van der Waals surface area contributed by atoms with Gasteiger partial charge in [-0.15, -0.1) is 0 Å². The summed E-state index contributed by atoms with van der Waals surface area (Å²) in [6.45, 7) is -0.402. The molecule has 2 N–H and O–H groups in total. The van der Waals surface area contributed by atoms with E-state index in [0.29, 0.717) is 12.4 Å². The third kappa shape index (κ3) is 2.56. The lowest BCUT2D eigenvalue weighted by molar-refractivity contribution is 0.0628. The molecule has 2 heterocycles. The molecule has 6 heteroatoms. The molecular weight excluding hydrogens is 214 g/mol. The van der Waals surface area contributed by atoms with Gasteiger partial charge in [0.2, 0.25) is 0 Å². The molecule has 16 heavy (non-hydrogen) atoms. The number of nitrogens with zero attached hydrogens (tertiary/aromatic N) is 3. The summed E-state index contributed by atoms with van der Waals surface area (Å²) in [7, 11) is 0. The van der Waals surface area contributed by atoms with Crippen molar-refractivity contribution in [1.29, 1.82) is 0 Å². The van der Waals surface area contributed by atoms with E-state index in [1.54, 1.807) is 0 Å². The Hall–Kier alpha value is -1.01. The Bertz CT molecular complexity index is 339. The Morgan fingerprint density at radius 2 is 2.38 bits per heavy atom. The number of hydrogen-bond acceptors (Lipinski definition) is 3. The van der Waals surface area contributed by atoms with Crippen LogP contribution in [-0.2, 0) is 6.54 Å². The Balaban J connectivity index is 2.00. The van der Waals surface area contributed by atoms with Crippen LogP contribution in [0.5, 0.6) is 0 Å². The standard InChI is InChI=1S/C10H16F2N4/c11-10(12)16-5-3-14-9(16)7-15-4-1-2-8(13)6-15/h3,5,8,10H,1-2,4,6-7,13H2/t8-/m1/s1. The van der Waals surface area contributed by atoms with Crippen molar-refractivity contribution >= 4 is 0 Å². The van der Waals surface area contributed by atoms with Crippen LogP contribution in [0.3, 0.4) is 0 Å².